The molecule has 1 aliphatic heterocycles. The summed E-state index contributed by atoms with van der Waals surface area (Å²) in [6.07, 6.45) is 2.37. The summed E-state index contributed by atoms with van der Waals surface area (Å²) >= 11 is 6.64. The minimum absolute atomic E-state index is 0.191. The molecule has 0 bridgehead atoms. The third-order valence-electron chi connectivity index (χ3n) is 6.46. The lowest BCUT2D eigenvalue weighted by atomic mass is 9.97. The predicted molar refractivity (Wildman–Crippen MR) is 141 cm³/mol. The zero-order chi connectivity index (χ0) is 24.0. The van der Waals surface area contributed by atoms with Gasteiger partial charge in [-0.2, -0.15) is 0 Å². The Morgan fingerprint density at radius 2 is 1.74 bits per heavy atom. The summed E-state index contributed by atoms with van der Waals surface area (Å²) in [5.41, 5.74) is 11.9. The number of morpholine rings is 1. The number of nitrogens with zero attached hydrogens (tertiary/aromatic N) is 2. The van der Waals surface area contributed by atoms with Crippen LogP contribution in [0.2, 0.25) is 5.02 Å². The average Bonchev–Trinajstić information content (AvgIpc) is 2.90. The van der Waals surface area contributed by atoms with Gasteiger partial charge in [-0.05, 0) is 46.9 Å². The summed E-state index contributed by atoms with van der Waals surface area (Å²) in [6.45, 7) is 4.95. The van der Waals surface area contributed by atoms with Crippen LogP contribution >= 0.6 is 11.6 Å². The molecule has 2 N–H and O–H groups in total. The van der Waals surface area contributed by atoms with Crippen molar-refractivity contribution in [2.45, 2.75) is 25.6 Å². The fourth-order valence-corrected chi connectivity index (χ4v) is 4.80. The van der Waals surface area contributed by atoms with E-state index in [0.717, 1.165) is 66.2 Å². The van der Waals surface area contributed by atoms with E-state index in [2.05, 4.69) is 46.3 Å². The van der Waals surface area contributed by atoms with Gasteiger partial charge in [0.05, 0.1) is 18.2 Å². The van der Waals surface area contributed by atoms with E-state index in [1.807, 2.05) is 36.4 Å². The Kier molecular flexibility index (Phi) is 7.60. The molecule has 1 aromatic heterocycles. The van der Waals surface area contributed by atoms with Crippen molar-refractivity contribution in [1.29, 1.82) is 0 Å². The number of aromatic nitrogens is 1. The van der Waals surface area contributed by atoms with E-state index in [-0.39, 0.29) is 6.04 Å². The van der Waals surface area contributed by atoms with Gasteiger partial charge in [0.15, 0.2) is 0 Å². The molecule has 0 spiro atoms. The van der Waals surface area contributed by atoms with E-state index in [4.69, 9.17) is 26.8 Å². The van der Waals surface area contributed by atoms with Crippen molar-refractivity contribution >= 4 is 22.5 Å². The molecule has 2 heterocycles. The van der Waals surface area contributed by atoms with Crippen molar-refractivity contribution < 1.29 is 9.47 Å². The molecule has 3 aromatic carbocycles. The first-order valence-corrected chi connectivity index (χ1v) is 12.4. The molecule has 6 heteroatoms. The van der Waals surface area contributed by atoms with Gasteiger partial charge in [-0.3, -0.25) is 9.88 Å². The fraction of sp³-hybridized carbons (Fsp3) is 0.276. The maximum Gasteiger partial charge on any atom is 0.149 e. The predicted octanol–water partition coefficient (Wildman–Crippen LogP) is 5.54. The number of ether oxygens (including phenoxy) is 2. The van der Waals surface area contributed by atoms with Crippen LogP contribution < -0.4 is 10.5 Å². The van der Waals surface area contributed by atoms with E-state index < -0.39 is 0 Å². The molecular formula is C29H30ClN3O2. The van der Waals surface area contributed by atoms with Crippen molar-refractivity contribution in [1.82, 2.24) is 9.88 Å². The van der Waals surface area contributed by atoms with E-state index >= 15 is 0 Å². The zero-order valence-corrected chi connectivity index (χ0v) is 20.5. The second-order valence-electron chi connectivity index (χ2n) is 8.96. The van der Waals surface area contributed by atoms with Gasteiger partial charge in [0, 0.05) is 37.3 Å². The molecule has 0 saturated carbocycles. The molecule has 1 unspecified atom stereocenters. The van der Waals surface area contributed by atoms with Crippen LogP contribution in [0.15, 0.2) is 79.0 Å². The smallest absolute Gasteiger partial charge is 0.149 e. The minimum atomic E-state index is -0.191. The molecule has 35 heavy (non-hydrogen) atoms. The lowest BCUT2D eigenvalue weighted by molar-refractivity contribution is 0.0342. The normalized spacial score (nSPS) is 15.3. The number of halogens is 1. The number of pyridine rings is 1. The topological polar surface area (TPSA) is 60.6 Å². The van der Waals surface area contributed by atoms with Gasteiger partial charge in [-0.1, -0.05) is 66.2 Å². The third-order valence-corrected chi connectivity index (χ3v) is 6.77. The highest BCUT2D eigenvalue weighted by molar-refractivity contribution is 6.35. The molecule has 4 aromatic rings. The molecule has 0 amide bonds. The van der Waals surface area contributed by atoms with Gasteiger partial charge in [0.25, 0.3) is 0 Å². The van der Waals surface area contributed by atoms with Gasteiger partial charge in [-0.15, -0.1) is 0 Å². The number of fused-ring (bicyclic) bond motifs is 1. The standard InChI is InChI=1S/C29H30ClN3O2/c30-26-17-24(18-27(31)23-10-8-21(9-11-23)19-33-13-15-34-16-14-33)29(28-25(26)7-4-12-32-28)35-20-22-5-2-1-3-6-22/h1-12,17,27H,13-16,18-20,31H2. The van der Waals surface area contributed by atoms with Crippen LogP contribution in [0.4, 0.5) is 0 Å². The number of hydrogen-bond acceptors (Lipinski definition) is 5. The number of benzene rings is 3. The number of nitrogens with two attached hydrogens (primary N) is 1. The van der Waals surface area contributed by atoms with E-state index in [9.17, 15) is 0 Å². The first-order chi connectivity index (χ1) is 17.2. The number of hydrogen-bond donors (Lipinski definition) is 1. The SMILES string of the molecule is NC(Cc1cc(Cl)c2cccnc2c1OCc1ccccc1)c1ccc(CN2CCOCC2)cc1. The van der Waals surface area contributed by atoms with Gasteiger partial charge in [0.2, 0.25) is 0 Å². The van der Waals surface area contributed by atoms with Crippen LogP contribution in [0.1, 0.15) is 28.3 Å². The lowest BCUT2D eigenvalue weighted by Gasteiger charge is -2.26. The van der Waals surface area contributed by atoms with E-state index in [1.54, 1.807) is 6.20 Å². The summed E-state index contributed by atoms with van der Waals surface area (Å²) in [5.74, 6) is 0.744. The Hall–Kier alpha value is -2.96. The van der Waals surface area contributed by atoms with Crippen LogP contribution in [0, 0.1) is 0 Å². The highest BCUT2D eigenvalue weighted by Crippen LogP contribution is 2.36. The molecule has 180 valence electrons. The van der Waals surface area contributed by atoms with Crippen molar-refractivity contribution in [3.63, 3.8) is 0 Å². The monoisotopic (exact) mass is 487 g/mol. The second kappa shape index (κ2) is 11.2. The van der Waals surface area contributed by atoms with Crippen LogP contribution in [0.25, 0.3) is 10.9 Å². The Balaban J connectivity index is 1.36. The molecule has 5 rings (SSSR count). The van der Waals surface area contributed by atoms with E-state index in [1.165, 1.54) is 5.56 Å². The van der Waals surface area contributed by atoms with Crippen molar-refractivity contribution in [3.8, 4) is 5.75 Å². The molecule has 1 saturated heterocycles. The van der Waals surface area contributed by atoms with Crippen LogP contribution in [0.3, 0.4) is 0 Å². The first-order valence-electron chi connectivity index (χ1n) is 12.0. The highest BCUT2D eigenvalue weighted by Gasteiger charge is 2.18. The average molecular weight is 488 g/mol. The van der Waals surface area contributed by atoms with Crippen molar-refractivity contribution in [2.75, 3.05) is 26.3 Å². The van der Waals surface area contributed by atoms with Gasteiger partial charge in [0.1, 0.15) is 17.9 Å². The molecule has 5 nitrogen and oxygen atoms in total. The maximum atomic E-state index is 6.69. The van der Waals surface area contributed by atoms with Crippen molar-refractivity contribution in [2.24, 2.45) is 5.73 Å². The summed E-state index contributed by atoms with van der Waals surface area (Å²) in [6, 6.07) is 24.4. The zero-order valence-electron chi connectivity index (χ0n) is 19.7. The Morgan fingerprint density at radius 1 is 0.971 bits per heavy atom. The Labute approximate surface area is 211 Å². The quantitative estimate of drug-likeness (QED) is 0.353. The molecule has 0 radical (unpaired) electrons. The summed E-state index contributed by atoms with van der Waals surface area (Å²) in [5, 5.41) is 1.53. The van der Waals surface area contributed by atoms with Crippen LogP contribution in [-0.4, -0.2) is 36.2 Å². The van der Waals surface area contributed by atoms with Crippen molar-refractivity contribution in [3.05, 3.63) is 106 Å². The minimum Gasteiger partial charge on any atom is -0.486 e. The van der Waals surface area contributed by atoms with Gasteiger partial charge >= 0.3 is 0 Å². The maximum absolute atomic E-state index is 6.69. The molecule has 0 aliphatic carbocycles. The van der Waals surface area contributed by atoms with Crippen LogP contribution in [0.5, 0.6) is 5.75 Å². The van der Waals surface area contributed by atoms with Crippen LogP contribution in [-0.2, 0) is 24.3 Å². The molecular weight excluding hydrogens is 458 g/mol. The van der Waals surface area contributed by atoms with Gasteiger partial charge < -0.3 is 15.2 Å². The summed E-state index contributed by atoms with van der Waals surface area (Å²) < 4.78 is 11.8. The molecule has 1 aliphatic rings. The fourth-order valence-electron chi connectivity index (χ4n) is 4.51. The Bertz CT molecular complexity index is 1260. The third kappa shape index (κ3) is 5.82. The molecule has 1 atom stereocenters. The highest BCUT2D eigenvalue weighted by atomic mass is 35.5. The second-order valence-corrected chi connectivity index (χ2v) is 9.37. The van der Waals surface area contributed by atoms with Gasteiger partial charge in [-0.25, -0.2) is 0 Å². The lowest BCUT2D eigenvalue weighted by Crippen LogP contribution is -2.35. The largest absolute Gasteiger partial charge is 0.486 e. The first kappa shape index (κ1) is 23.8. The number of rotatable bonds is 8. The summed E-state index contributed by atoms with van der Waals surface area (Å²) in [7, 11) is 0. The summed E-state index contributed by atoms with van der Waals surface area (Å²) in [4.78, 5) is 7.01. The van der Waals surface area contributed by atoms with E-state index in [0.29, 0.717) is 18.1 Å². The molecule has 1 fully saturated rings. The Morgan fingerprint density at radius 3 is 2.51 bits per heavy atom.